The summed E-state index contributed by atoms with van der Waals surface area (Å²) in [6.45, 7) is 1.75. The molecule has 0 atom stereocenters. The first kappa shape index (κ1) is 13.2. The molecule has 104 valence electrons. The van der Waals surface area contributed by atoms with Crippen LogP contribution in [0.1, 0.15) is 36.9 Å². The van der Waals surface area contributed by atoms with E-state index < -0.39 is 0 Å². The van der Waals surface area contributed by atoms with Crippen LogP contribution in [0.3, 0.4) is 0 Å². The fourth-order valence-corrected chi connectivity index (χ4v) is 3.83. The lowest BCUT2D eigenvalue weighted by molar-refractivity contribution is 0.0728. The Hall–Kier alpha value is -0.810. The number of hydrogen-bond acceptors (Lipinski definition) is 4. The highest BCUT2D eigenvalue weighted by molar-refractivity contribution is 7.99. The Morgan fingerprint density at radius 2 is 2.05 bits per heavy atom. The van der Waals surface area contributed by atoms with E-state index in [0.717, 1.165) is 73.9 Å². The Bertz CT molecular complexity index is 495. The van der Waals surface area contributed by atoms with Crippen LogP contribution < -0.4 is 5.56 Å². The van der Waals surface area contributed by atoms with Gasteiger partial charge in [0.15, 0.2) is 5.16 Å². The SMILES string of the molecule is O=c1[nH]c(SCC2CCOCC2)nc2c1CCCC2. The third kappa shape index (κ3) is 3.20. The van der Waals surface area contributed by atoms with Gasteiger partial charge in [-0.1, -0.05) is 11.8 Å². The molecule has 1 saturated heterocycles. The Kier molecular flexibility index (Phi) is 4.23. The summed E-state index contributed by atoms with van der Waals surface area (Å²) in [6, 6.07) is 0. The van der Waals surface area contributed by atoms with E-state index in [4.69, 9.17) is 4.74 Å². The average molecular weight is 280 g/mol. The van der Waals surface area contributed by atoms with Crippen molar-refractivity contribution in [2.24, 2.45) is 5.92 Å². The summed E-state index contributed by atoms with van der Waals surface area (Å²) >= 11 is 1.69. The van der Waals surface area contributed by atoms with E-state index in [9.17, 15) is 4.79 Å². The summed E-state index contributed by atoms with van der Waals surface area (Å²) in [7, 11) is 0. The van der Waals surface area contributed by atoms with Crippen LogP contribution in [0.5, 0.6) is 0 Å². The number of aromatic nitrogens is 2. The van der Waals surface area contributed by atoms with Crippen LogP contribution >= 0.6 is 11.8 Å². The molecular formula is C14H20N2O2S. The van der Waals surface area contributed by atoms with E-state index in [1.807, 2.05) is 0 Å². The van der Waals surface area contributed by atoms with Crippen molar-refractivity contribution in [2.45, 2.75) is 43.7 Å². The van der Waals surface area contributed by atoms with Crippen LogP contribution in [0.2, 0.25) is 0 Å². The molecule has 19 heavy (non-hydrogen) atoms. The first-order valence-electron chi connectivity index (χ1n) is 7.15. The summed E-state index contributed by atoms with van der Waals surface area (Å²) < 4.78 is 5.36. The molecule has 0 spiro atoms. The molecule has 0 aromatic carbocycles. The lowest BCUT2D eigenvalue weighted by Gasteiger charge is -2.21. The number of rotatable bonds is 3. The van der Waals surface area contributed by atoms with Gasteiger partial charge < -0.3 is 9.72 Å². The topological polar surface area (TPSA) is 55.0 Å². The van der Waals surface area contributed by atoms with Crippen molar-refractivity contribution < 1.29 is 4.74 Å². The van der Waals surface area contributed by atoms with Crippen molar-refractivity contribution in [2.75, 3.05) is 19.0 Å². The summed E-state index contributed by atoms with van der Waals surface area (Å²) in [5, 5.41) is 0.803. The third-order valence-corrected chi connectivity index (χ3v) is 5.07. The second kappa shape index (κ2) is 6.09. The fraction of sp³-hybridized carbons (Fsp3) is 0.714. The number of aromatic amines is 1. The van der Waals surface area contributed by atoms with E-state index in [2.05, 4.69) is 9.97 Å². The molecule has 0 radical (unpaired) electrons. The number of ether oxygens (including phenoxy) is 1. The van der Waals surface area contributed by atoms with Crippen LogP contribution in [0, 0.1) is 5.92 Å². The molecule has 4 nitrogen and oxygen atoms in total. The van der Waals surface area contributed by atoms with E-state index >= 15 is 0 Å². The maximum Gasteiger partial charge on any atom is 0.254 e. The van der Waals surface area contributed by atoms with Crippen molar-refractivity contribution in [3.63, 3.8) is 0 Å². The van der Waals surface area contributed by atoms with Crippen LogP contribution in [-0.2, 0) is 17.6 Å². The highest BCUT2D eigenvalue weighted by Gasteiger charge is 2.18. The molecule has 1 aromatic rings. The first-order valence-corrected chi connectivity index (χ1v) is 8.14. The monoisotopic (exact) mass is 280 g/mol. The zero-order chi connectivity index (χ0) is 13.1. The summed E-state index contributed by atoms with van der Waals surface area (Å²) in [5.41, 5.74) is 2.03. The zero-order valence-corrected chi connectivity index (χ0v) is 11.9. The lowest BCUT2D eigenvalue weighted by atomic mass is 9.97. The van der Waals surface area contributed by atoms with Gasteiger partial charge in [0, 0.05) is 24.5 Å². The maximum atomic E-state index is 12.0. The van der Waals surface area contributed by atoms with Gasteiger partial charge >= 0.3 is 0 Å². The molecule has 3 rings (SSSR count). The van der Waals surface area contributed by atoms with Gasteiger partial charge in [0.2, 0.25) is 0 Å². The van der Waals surface area contributed by atoms with Gasteiger partial charge in [0.05, 0.1) is 5.69 Å². The van der Waals surface area contributed by atoms with Crippen LogP contribution in [0.4, 0.5) is 0 Å². The van der Waals surface area contributed by atoms with Gasteiger partial charge in [-0.05, 0) is 44.4 Å². The second-order valence-electron chi connectivity index (χ2n) is 5.37. The minimum atomic E-state index is 0.0826. The van der Waals surface area contributed by atoms with Crippen molar-refractivity contribution in [1.82, 2.24) is 9.97 Å². The average Bonchev–Trinajstić information content (AvgIpc) is 2.46. The standard InChI is InChI=1S/C14H20N2O2S/c17-13-11-3-1-2-4-12(11)15-14(16-13)19-9-10-5-7-18-8-6-10/h10H,1-9H2,(H,15,16,17). The third-order valence-electron chi connectivity index (χ3n) is 3.97. The van der Waals surface area contributed by atoms with Gasteiger partial charge in [-0.2, -0.15) is 0 Å². The molecule has 1 fully saturated rings. The molecule has 1 aliphatic heterocycles. The molecule has 1 aromatic heterocycles. The molecule has 0 unspecified atom stereocenters. The van der Waals surface area contributed by atoms with Crippen molar-refractivity contribution in [3.8, 4) is 0 Å². The number of hydrogen-bond donors (Lipinski definition) is 1. The molecule has 0 amide bonds. The van der Waals surface area contributed by atoms with E-state index in [1.54, 1.807) is 11.8 Å². The predicted molar refractivity (Wildman–Crippen MR) is 75.8 cm³/mol. The summed E-state index contributed by atoms with van der Waals surface area (Å²) in [5.74, 6) is 1.73. The van der Waals surface area contributed by atoms with Crippen molar-refractivity contribution in [3.05, 3.63) is 21.6 Å². The number of H-pyrrole nitrogens is 1. The Labute approximate surface area is 117 Å². The smallest absolute Gasteiger partial charge is 0.254 e. The highest BCUT2D eigenvalue weighted by Crippen LogP contribution is 2.24. The van der Waals surface area contributed by atoms with Gasteiger partial charge in [0.1, 0.15) is 0 Å². The van der Waals surface area contributed by atoms with Gasteiger partial charge in [-0.15, -0.1) is 0 Å². The van der Waals surface area contributed by atoms with Crippen LogP contribution in [0.25, 0.3) is 0 Å². The molecule has 0 bridgehead atoms. The predicted octanol–water partition coefficient (Wildman–Crippen LogP) is 2.17. The molecule has 1 N–H and O–H groups in total. The summed E-state index contributed by atoms with van der Waals surface area (Å²) in [4.78, 5) is 19.6. The number of nitrogens with zero attached hydrogens (tertiary/aromatic N) is 1. The quantitative estimate of drug-likeness (QED) is 0.681. The van der Waals surface area contributed by atoms with Gasteiger partial charge in [-0.3, -0.25) is 4.79 Å². The van der Waals surface area contributed by atoms with E-state index in [1.165, 1.54) is 0 Å². The molecule has 1 aliphatic carbocycles. The Balaban J connectivity index is 1.67. The van der Waals surface area contributed by atoms with Crippen LogP contribution in [-0.4, -0.2) is 28.9 Å². The normalized spacial score (nSPS) is 20.2. The number of nitrogens with one attached hydrogen (secondary N) is 1. The minimum absolute atomic E-state index is 0.0826. The zero-order valence-electron chi connectivity index (χ0n) is 11.1. The number of thioether (sulfide) groups is 1. The summed E-state index contributed by atoms with van der Waals surface area (Å²) in [6.07, 6.45) is 6.39. The maximum absolute atomic E-state index is 12.0. The Morgan fingerprint density at radius 3 is 2.89 bits per heavy atom. The largest absolute Gasteiger partial charge is 0.381 e. The molecule has 2 aliphatic rings. The number of aryl methyl sites for hydroxylation is 1. The molecule has 0 saturated carbocycles. The second-order valence-corrected chi connectivity index (χ2v) is 6.38. The van der Waals surface area contributed by atoms with E-state index in [0.29, 0.717) is 5.92 Å². The lowest BCUT2D eigenvalue weighted by Crippen LogP contribution is -2.22. The molecular weight excluding hydrogens is 260 g/mol. The van der Waals surface area contributed by atoms with Gasteiger partial charge in [-0.25, -0.2) is 4.98 Å². The van der Waals surface area contributed by atoms with Crippen molar-refractivity contribution in [1.29, 1.82) is 0 Å². The fourth-order valence-electron chi connectivity index (χ4n) is 2.76. The van der Waals surface area contributed by atoms with Crippen LogP contribution in [0.15, 0.2) is 9.95 Å². The van der Waals surface area contributed by atoms with E-state index in [-0.39, 0.29) is 5.56 Å². The Morgan fingerprint density at radius 1 is 1.26 bits per heavy atom. The first-order chi connectivity index (χ1) is 9.33. The highest BCUT2D eigenvalue weighted by atomic mass is 32.2. The minimum Gasteiger partial charge on any atom is -0.381 e. The molecule has 5 heteroatoms. The number of fused-ring (bicyclic) bond motifs is 1. The van der Waals surface area contributed by atoms with Crippen molar-refractivity contribution >= 4 is 11.8 Å². The molecule has 2 heterocycles. The van der Waals surface area contributed by atoms with Gasteiger partial charge in [0.25, 0.3) is 5.56 Å².